The third kappa shape index (κ3) is 2.92. The average Bonchev–Trinajstić information content (AvgIpc) is 2.27. The fourth-order valence-electron chi connectivity index (χ4n) is 1.92. The van der Waals surface area contributed by atoms with E-state index >= 15 is 0 Å². The zero-order valence-corrected chi connectivity index (χ0v) is 9.45. The van der Waals surface area contributed by atoms with E-state index in [2.05, 4.69) is 23.6 Å². The molecule has 0 bridgehead atoms. The average molecular weight is 200 g/mol. The molecule has 4 heteroatoms. The van der Waals surface area contributed by atoms with E-state index < -0.39 is 0 Å². The molecule has 0 radical (unpaired) electrons. The third-order valence-corrected chi connectivity index (χ3v) is 3.28. The van der Waals surface area contributed by atoms with Crippen molar-refractivity contribution in [3.63, 3.8) is 0 Å². The van der Waals surface area contributed by atoms with Gasteiger partial charge in [-0.15, -0.1) is 0 Å². The van der Waals surface area contributed by atoms with E-state index in [4.69, 9.17) is 11.5 Å². The van der Waals surface area contributed by atoms with Crippen molar-refractivity contribution in [2.24, 2.45) is 11.5 Å². The van der Waals surface area contributed by atoms with Gasteiger partial charge in [0.2, 0.25) is 0 Å². The highest BCUT2D eigenvalue weighted by atomic mass is 15.3. The molecule has 0 aromatic rings. The molecule has 0 aliphatic carbocycles. The van der Waals surface area contributed by atoms with E-state index in [0.717, 1.165) is 39.3 Å². The summed E-state index contributed by atoms with van der Waals surface area (Å²) in [5.41, 5.74) is 11.3. The van der Waals surface area contributed by atoms with Gasteiger partial charge in [-0.05, 0) is 13.8 Å². The SMILES string of the molecule is C[C@H](CN)N1CCN([C@@H](C)CN)CC1. The Morgan fingerprint density at radius 3 is 1.36 bits per heavy atom. The lowest BCUT2D eigenvalue weighted by molar-refractivity contribution is 0.0830. The molecule has 1 rings (SSSR count). The maximum absolute atomic E-state index is 5.65. The lowest BCUT2D eigenvalue weighted by Crippen LogP contribution is -2.54. The molecule has 0 saturated carbocycles. The number of rotatable bonds is 4. The summed E-state index contributed by atoms with van der Waals surface area (Å²) in [6, 6.07) is 1.04. The molecule has 0 aromatic carbocycles. The van der Waals surface area contributed by atoms with Crippen molar-refractivity contribution in [3.8, 4) is 0 Å². The van der Waals surface area contributed by atoms with Crippen molar-refractivity contribution in [3.05, 3.63) is 0 Å². The largest absolute Gasteiger partial charge is 0.329 e. The Hall–Kier alpha value is -0.160. The Morgan fingerprint density at radius 1 is 0.857 bits per heavy atom. The molecule has 4 nitrogen and oxygen atoms in total. The summed E-state index contributed by atoms with van der Waals surface area (Å²) in [4.78, 5) is 4.92. The normalized spacial score (nSPS) is 24.9. The molecule has 1 heterocycles. The second kappa shape index (κ2) is 5.66. The van der Waals surface area contributed by atoms with Crippen molar-refractivity contribution in [1.29, 1.82) is 0 Å². The van der Waals surface area contributed by atoms with Crippen LogP contribution < -0.4 is 11.5 Å². The molecule has 0 spiro atoms. The van der Waals surface area contributed by atoms with Crippen molar-refractivity contribution in [2.45, 2.75) is 25.9 Å². The van der Waals surface area contributed by atoms with Gasteiger partial charge in [0.05, 0.1) is 0 Å². The van der Waals surface area contributed by atoms with Crippen LogP contribution in [0.1, 0.15) is 13.8 Å². The van der Waals surface area contributed by atoms with Gasteiger partial charge in [-0.25, -0.2) is 0 Å². The number of nitrogens with zero attached hydrogens (tertiary/aromatic N) is 2. The van der Waals surface area contributed by atoms with E-state index in [-0.39, 0.29) is 0 Å². The lowest BCUT2D eigenvalue weighted by Gasteiger charge is -2.40. The van der Waals surface area contributed by atoms with Crippen LogP contribution in [0.2, 0.25) is 0 Å². The van der Waals surface area contributed by atoms with Gasteiger partial charge in [-0.2, -0.15) is 0 Å². The highest BCUT2D eigenvalue weighted by Crippen LogP contribution is 2.07. The van der Waals surface area contributed by atoms with Crippen LogP contribution in [0.15, 0.2) is 0 Å². The van der Waals surface area contributed by atoms with Crippen molar-refractivity contribution in [2.75, 3.05) is 39.3 Å². The predicted octanol–water partition coefficient (Wildman–Crippen LogP) is -0.702. The van der Waals surface area contributed by atoms with Gasteiger partial charge in [-0.1, -0.05) is 0 Å². The maximum atomic E-state index is 5.65. The van der Waals surface area contributed by atoms with Crippen molar-refractivity contribution in [1.82, 2.24) is 9.80 Å². The van der Waals surface area contributed by atoms with Crippen LogP contribution in [-0.2, 0) is 0 Å². The van der Waals surface area contributed by atoms with Crippen LogP contribution in [0.5, 0.6) is 0 Å². The quantitative estimate of drug-likeness (QED) is 0.630. The number of nitrogens with two attached hydrogens (primary N) is 2. The van der Waals surface area contributed by atoms with Gasteiger partial charge in [0.1, 0.15) is 0 Å². The smallest absolute Gasteiger partial charge is 0.0191 e. The summed E-state index contributed by atoms with van der Waals surface area (Å²) in [6.45, 7) is 10.4. The minimum atomic E-state index is 0.519. The zero-order valence-electron chi connectivity index (χ0n) is 9.45. The van der Waals surface area contributed by atoms with Crippen molar-refractivity contribution >= 4 is 0 Å². The van der Waals surface area contributed by atoms with Crippen LogP contribution in [0.25, 0.3) is 0 Å². The van der Waals surface area contributed by atoms with E-state index in [1.54, 1.807) is 0 Å². The third-order valence-electron chi connectivity index (χ3n) is 3.28. The predicted molar refractivity (Wildman–Crippen MR) is 60.2 cm³/mol. The Kier molecular flexibility index (Phi) is 4.81. The van der Waals surface area contributed by atoms with Gasteiger partial charge in [0.25, 0.3) is 0 Å². The molecule has 0 unspecified atom stereocenters. The molecule has 0 amide bonds. The number of piperazine rings is 1. The minimum Gasteiger partial charge on any atom is -0.329 e. The monoisotopic (exact) mass is 200 g/mol. The molecular formula is C10H24N4. The van der Waals surface area contributed by atoms with Crippen LogP contribution in [0.4, 0.5) is 0 Å². The first-order valence-electron chi connectivity index (χ1n) is 5.57. The standard InChI is InChI=1S/C10H24N4/c1-9(7-11)13-3-5-14(6-4-13)10(2)8-12/h9-10H,3-8,11-12H2,1-2H3/t9-,10+. The summed E-state index contributed by atoms with van der Waals surface area (Å²) in [6.07, 6.45) is 0. The molecule has 4 N–H and O–H groups in total. The molecule has 84 valence electrons. The van der Waals surface area contributed by atoms with E-state index in [1.807, 2.05) is 0 Å². The Balaban J connectivity index is 2.31. The molecule has 1 aliphatic heterocycles. The molecule has 1 saturated heterocycles. The van der Waals surface area contributed by atoms with E-state index in [0.29, 0.717) is 12.1 Å². The number of hydrogen-bond acceptors (Lipinski definition) is 4. The van der Waals surface area contributed by atoms with Crippen LogP contribution >= 0.6 is 0 Å². The van der Waals surface area contributed by atoms with E-state index in [1.165, 1.54) is 0 Å². The first-order valence-corrected chi connectivity index (χ1v) is 5.57. The Bertz CT molecular complexity index is 136. The summed E-state index contributed by atoms with van der Waals surface area (Å²) in [5, 5.41) is 0. The molecule has 0 aromatic heterocycles. The molecule has 2 atom stereocenters. The Morgan fingerprint density at radius 2 is 1.14 bits per heavy atom. The first kappa shape index (κ1) is 11.9. The molecule has 14 heavy (non-hydrogen) atoms. The second-order valence-electron chi connectivity index (χ2n) is 4.24. The zero-order chi connectivity index (χ0) is 10.6. The molecule has 1 aliphatic rings. The summed E-state index contributed by atoms with van der Waals surface area (Å²) < 4.78 is 0. The first-order chi connectivity index (χ1) is 6.69. The number of hydrogen-bond donors (Lipinski definition) is 2. The fraction of sp³-hybridized carbons (Fsp3) is 1.00. The van der Waals surface area contributed by atoms with Crippen molar-refractivity contribution < 1.29 is 0 Å². The Labute approximate surface area is 87.2 Å². The van der Waals surface area contributed by atoms with Gasteiger partial charge >= 0.3 is 0 Å². The van der Waals surface area contributed by atoms with E-state index in [9.17, 15) is 0 Å². The molecule has 1 fully saturated rings. The van der Waals surface area contributed by atoms with Gasteiger partial charge in [0, 0.05) is 51.4 Å². The molecular weight excluding hydrogens is 176 g/mol. The fourth-order valence-corrected chi connectivity index (χ4v) is 1.92. The van der Waals surface area contributed by atoms with Crippen LogP contribution in [0.3, 0.4) is 0 Å². The minimum absolute atomic E-state index is 0.519. The van der Waals surface area contributed by atoms with Gasteiger partial charge in [0.15, 0.2) is 0 Å². The van der Waals surface area contributed by atoms with Crippen LogP contribution in [0, 0.1) is 0 Å². The maximum Gasteiger partial charge on any atom is 0.0191 e. The summed E-state index contributed by atoms with van der Waals surface area (Å²) in [7, 11) is 0. The highest BCUT2D eigenvalue weighted by Gasteiger charge is 2.22. The lowest BCUT2D eigenvalue weighted by atomic mass is 10.2. The second-order valence-corrected chi connectivity index (χ2v) is 4.24. The highest BCUT2D eigenvalue weighted by molar-refractivity contribution is 4.79. The topological polar surface area (TPSA) is 58.5 Å². The van der Waals surface area contributed by atoms with Crippen LogP contribution in [-0.4, -0.2) is 61.2 Å². The van der Waals surface area contributed by atoms with Gasteiger partial charge < -0.3 is 11.5 Å². The summed E-state index contributed by atoms with van der Waals surface area (Å²) >= 11 is 0. The summed E-state index contributed by atoms with van der Waals surface area (Å²) in [5.74, 6) is 0. The van der Waals surface area contributed by atoms with Gasteiger partial charge in [-0.3, -0.25) is 9.80 Å².